The van der Waals surface area contributed by atoms with E-state index in [1.54, 1.807) is 7.11 Å². The van der Waals surface area contributed by atoms with Crippen LogP contribution < -0.4 is 20.7 Å². The van der Waals surface area contributed by atoms with E-state index in [1.165, 1.54) is 26.9 Å². The van der Waals surface area contributed by atoms with Crippen molar-refractivity contribution in [1.29, 1.82) is 0 Å². The molecule has 0 saturated heterocycles. The molecule has 0 aromatic heterocycles. The molecule has 2 nitrogen and oxygen atoms in total. The lowest BCUT2D eigenvalue weighted by Crippen LogP contribution is -2.25. The predicted octanol–water partition coefficient (Wildman–Crippen LogP) is 6.23. The number of ether oxygens (including phenoxy) is 1. The van der Waals surface area contributed by atoms with Gasteiger partial charge in [-0.05, 0) is 62.6 Å². The lowest BCUT2D eigenvalue weighted by molar-refractivity contribution is 0.415. The quantitative estimate of drug-likeness (QED) is 0.244. The third-order valence-electron chi connectivity index (χ3n) is 6.40. The van der Waals surface area contributed by atoms with Gasteiger partial charge in [-0.25, -0.2) is 0 Å². The molecule has 0 aliphatic heterocycles. The molecule has 0 saturated carbocycles. The van der Waals surface area contributed by atoms with E-state index in [0.29, 0.717) is 0 Å². The molecule has 0 aliphatic carbocycles. The van der Waals surface area contributed by atoms with E-state index in [2.05, 4.69) is 54.6 Å². The molecule has 6 aromatic rings. The van der Waals surface area contributed by atoms with Crippen LogP contribution in [0.15, 0.2) is 109 Å². The second-order valence-corrected chi connectivity index (χ2v) is 10.8. The maximum atomic E-state index is 15.1. The predicted molar refractivity (Wildman–Crippen MR) is 136 cm³/mol. The molecule has 6 aromatic carbocycles. The highest BCUT2D eigenvalue weighted by Gasteiger charge is 2.32. The van der Waals surface area contributed by atoms with Gasteiger partial charge in [0.2, 0.25) is 0 Å². The molecule has 1 unspecified atom stereocenters. The lowest BCUT2D eigenvalue weighted by Gasteiger charge is -2.23. The largest absolute Gasteiger partial charge is 0.497 e. The van der Waals surface area contributed by atoms with Crippen LogP contribution in [0.2, 0.25) is 0 Å². The molecule has 32 heavy (non-hydrogen) atoms. The van der Waals surface area contributed by atoms with Crippen molar-refractivity contribution in [2.24, 2.45) is 0 Å². The van der Waals surface area contributed by atoms with Crippen molar-refractivity contribution in [1.82, 2.24) is 0 Å². The summed E-state index contributed by atoms with van der Waals surface area (Å²) < 4.78 is 20.5. The van der Waals surface area contributed by atoms with Crippen LogP contribution in [-0.2, 0) is 4.57 Å². The topological polar surface area (TPSA) is 26.3 Å². The Balaban J connectivity index is 1.74. The molecular formula is C29H21O2P. The van der Waals surface area contributed by atoms with Gasteiger partial charge in [0.1, 0.15) is 5.75 Å². The molecule has 1 atom stereocenters. The summed E-state index contributed by atoms with van der Waals surface area (Å²) in [7, 11) is -1.48. The summed E-state index contributed by atoms with van der Waals surface area (Å²) in [6.07, 6.45) is 0. The zero-order chi connectivity index (χ0) is 21.7. The van der Waals surface area contributed by atoms with Crippen LogP contribution in [0.25, 0.3) is 32.3 Å². The minimum atomic E-state index is -3.12. The minimum absolute atomic E-state index is 0.753. The average Bonchev–Trinajstić information content (AvgIpc) is 2.87. The summed E-state index contributed by atoms with van der Waals surface area (Å²) in [6, 6.07) is 36.7. The van der Waals surface area contributed by atoms with E-state index in [1.807, 2.05) is 54.6 Å². The van der Waals surface area contributed by atoms with Crippen LogP contribution >= 0.6 is 7.14 Å². The van der Waals surface area contributed by atoms with Crippen LogP contribution in [0.3, 0.4) is 0 Å². The van der Waals surface area contributed by atoms with Gasteiger partial charge in [0.05, 0.1) is 7.11 Å². The van der Waals surface area contributed by atoms with Gasteiger partial charge in [-0.15, -0.1) is 0 Å². The van der Waals surface area contributed by atoms with Gasteiger partial charge in [-0.1, -0.05) is 78.9 Å². The van der Waals surface area contributed by atoms with Crippen LogP contribution in [0, 0.1) is 0 Å². The molecular weight excluding hydrogens is 411 g/mol. The first kappa shape index (κ1) is 19.1. The molecule has 0 spiro atoms. The van der Waals surface area contributed by atoms with Crippen LogP contribution in [0.1, 0.15) is 0 Å². The monoisotopic (exact) mass is 432 g/mol. The van der Waals surface area contributed by atoms with Crippen LogP contribution in [0.4, 0.5) is 0 Å². The Bertz CT molecular complexity index is 1600. The molecule has 0 heterocycles. The average molecular weight is 432 g/mol. The van der Waals surface area contributed by atoms with Crippen molar-refractivity contribution in [2.75, 3.05) is 7.11 Å². The minimum Gasteiger partial charge on any atom is -0.497 e. The van der Waals surface area contributed by atoms with Crippen molar-refractivity contribution in [3.63, 3.8) is 0 Å². The van der Waals surface area contributed by atoms with Gasteiger partial charge in [0.25, 0.3) is 0 Å². The summed E-state index contributed by atoms with van der Waals surface area (Å²) >= 11 is 0. The van der Waals surface area contributed by atoms with Gasteiger partial charge < -0.3 is 9.30 Å². The molecule has 0 amide bonds. The van der Waals surface area contributed by atoms with Gasteiger partial charge in [0, 0.05) is 15.9 Å². The summed E-state index contributed by atoms with van der Waals surface area (Å²) in [6.45, 7) is 0. The number of hydrogen-bond acceptors (Lipinski definition) is 2. The van der Waals surface area contributed by atoms with E-state index < -0.39 is 7.14 Å². The van der Waals surface area contributed by atoms with E-state index in [-0.39, 0.29) is 0 Å². The van der Waals surface area contributed by atoms with Crippen molar-refractivity contribution < 1.29 is 9.30 Å². The zero-order valence-corrected chi connectivity index (χ0v) is 18.6. The smallest absolute Gasteiger partial charge is 0.171 e. The highest BCUT2D eigenvalue weighted by atomic mass is 31.2. The second kappa shape index (κ2) is 7.22. The maximum absolute atomic E-state index is 15.1. The lowest BCUT2D eigenvalue weighted by atomic mass is 9.94. The van der Waals surface area contributed by atoms with Gasteiger partial charge >= 0.3 is 0 Å². The van der Waals surface area contributed by atoms with Crippen LogP contribution in [0.5, 0.6) is 5.75 Å². The van der Waals surface area contributed by atoms with E-state index in [9.17, 15) is 0 Å². The standard InChI is InChI=1S/C29H21O2P/c1-31-23-14-16-25(17-15-23)32(30,24-8-3-2-4-9-24)27-19-13-22-11-10-20-6-5-7-21-12-18-26(27)29(22)28(20)21/h2-19H,1H3. The molecule has 3 heteroatoms. The van der Waals surface area contributed by atoms with E-state index >= 15 is 4.57 Å². The molecule has 0 radical (unpaired) electrons. The van der Waals surface area contributed by atoms with Gasteiger partial charge in [-0.2, -0.15) is 0 Å². The third kappa shape index (κ3) is 2.70. The Morgan fingerprint density at radius 1 is 0.562 bits per heavy atom. The zero-order valence-electron chi connectivity index (χ0n) is 17.7. The number of hydrogen-bond donors (Lipinski definition) is 0. The first-order chi connectivity index (χ1) is 15.7. The van der Waals surface area contributed by atoms with E-state index in [0.717, 1.165) is 27.0 Å². The Kier molecular flexibility index (Phi) is 4.31. The number of methoxy groups -OCH3 is 1. The first-order valence-corrected chi connectivity index (χ1v) is 12.4. The highest BCUT2D eigenvalue weighted by molar-refractivity contribution is 7.85. The van der Waals surface area contributed by atoms with Crippen LogP contribution in [-0.4, -0.2) is 7.11 Å². The Labute approximate surface area is 186 Å². The van der Waals surface area contributed by atoms with E-state index in [4.69, 9.17) is 4.74 Å². The van der Waals surface area contributed by atoms with Crippen molar-refractivity contribution in [3.8, 4) is 5.75 Å². The Morgan fingerprint density at radius 2 is 1.16 bits per heavy atom. The fourth-order valence-corrected chi connectivity index (χ4v) is 7.68. The maximum Gasteiger partial charge on any atom is 0.171 e. The molecule has 6 rings (SSSR count). The van der Waals surface area contributed by atoms with Gasteiger partial charge in [-0.3, -0.25) is 0 Å². The molecule has 0 fully saturated rings. The molecule has 0 aliphatic rings. The fraction of sp³-hybridized carbons (Fsp3) is 0.0345. The summed E-state index contributed by atoms with van der Waals surface area (Å²) in [5.41, 5.74) is 0. The first-order valence-electron chi connectivity index (χ1n) is 10.7. The normalized spacial score (nSPS) is 13.5. The van der Waals surface area contributed by atoms with Crippen molar-refractivity contribution >= 4 is 55.4 Å². The van der Waals surface area contributed by atoms with Gasteiger partial charge in [0.15, 0.2) is 7.14 Å². The van der Waals surface area contributed by atoms with Crippen molar-refractivity contribution in [2.45, 2.75) is 0 Å². The molecule has 0 bridgehead atoms. The highest BCUT2D eigenvalue weighted by Crippen LogP contribution is 2.46. The summed E-state index contributed by atoms with van der Waals surface area (Å²) in [4.78, 5) is 0. The second-order valence-electron chi connectivity index (χ2n) is 8.08. The van der Waals surface area contributed by atoms with Crippen molar-refractivity contribution in [3.05, 3.63) is 109 Å². The molecule has 0 N–H and O–H groups in total. The number of rotatable bonds is 4. The SMILES string of the molecule is COc1ccc(P(=O)(c2ccccc2)c2ccc3ccc4cccc5ccc2c3c45)cc1. The third-order valence-corrected chi connectivity index (χ3v) is 9.52. The fourth-order valence-electron chi connectivity index (χ4n) is 4.85. The molecule has 154 valence electrons. The number of benzene rings is 6. The summed E-state index contributed by atoms with van der Waals surface area (Å²) in [5, 5.41) is 9.56. The summed E-state index contributed by atoms with van der Waals surface area (Å²) in [5.74, 6) is 0.753. The Morgan fingerprint density at radius 3 is 1.84 bits per heavy atom. The Hall–Kier alpha value is -3.61.